The van der Waals surface area contributed by atoms with Gasteiger partial charge in [0.15, 0.2) is 0 Å². The van der Waals surface area contributed by atoms with Gasteiger partial charge in [0, 0.05) is 38.1 Å². The van der Waals surface area contributed by atoms with Crippen molar-refractivity contribution in [2.75, 3.05) is 26.4 Å². The second kappa shape index (κ2) is 8.16. The van der Waals surface area contributed by atoms with Crippen LogP contribution in [0.25, 0.3) is 0 Å². The van der Waals surface area contributed by atoms with Gasteiger partial charge in [0.05, 0.1) is 5.69 Å². The molecule has 1 amide bonds. The minimum Gasteiger partial charge on any atom is -0.444 e. The molecule has 7 heteroatoms. The summed E-state index contributed by atoms with van der Waals surface area (Å²) in [6.45, 7) is 7.89. The normalized spacial score (nSPS) is 18.8. The van der Waals surface area contributed by atoms with Gasteiger partial charge in [0.2, 0.25) is 0 Å². The lowest BCUT2D eigenvalue weighted by Crippen LogP contribution is -2.49. The molecule has 0 spiro atoms. The number of amides is 1. The third kappa shape index (κ3) is 5.34. The van der Waals surface area contributed by atoms with E-state index in [1.54, 1.807) is 24.2 Å². The SMILES string of the molecule is CSc1nccnc1CN(C)C1CCCN(C(=O)OC(C)(C)C)C1. The van der Waals surface area contributed by atoms with E-state index in [2.05, 4.69) is 21.9 Å². The summed E-state index contributed by atoms with van der Waals surface area (Å²) >= 11 is 1.61. The highest BCUT2D eigenvalue weighted by atomic mass is 32.2. The fraction of sp³-hybridized carbons (Fsp3) is 0.706. The number of likely N-dealkylation sites (tertiary alicyclic amines) is 1. The molecule has 6 nitrogen and oxygen atoms in total. The fourth-order valence-electron chi connectivity index (χ4n) is 2.81. The zero-order chi connectivity index (χ0) is 17.7. The van der Waals surface area contributed by atoms with Gasteiger partial charge < -0.3 is 9.64 Å². The van der Waals surface area contributed by atoms with Crippen LogP contribution in [0, 0.1) is 0 Å². The first-order valence-electron chi connectivity index (χ1n) is 8.32. The van der Waals surface area contributed by atoms with Crippen LogP contribution in [0.4, 0.5) is 4.79 Å². The molecule has 2 rings (SSSR count). The third-order valence-corrected chi connectivity index (χ3v) is 4.73. The quantitative estimate of drug-likeness (QED) is 0.776. The highest BCUT2D eigenvalue weighted by molar-refractivity contribution is 7.98. The molecule has 0 aliphatic carbocycles. The second-order valence-corrected chi connectivity index (χ2v) is 7.94. The molecule has 0 aromatic carbocycles. The largest absolute Gasteiger partial charge is 0.444 e. The van der Waals surface area contributed by atoms with Gasteiger partial charge in [0.25, 0.3) is 0 Å². The molecule has 1 aliphatic heterocycles. The van der Waals surface area contributed by atoms with E-state index in [-0.39, 0.29) is 6.09 Å². The van der Waals surface area contributed by atoms with E-state index < -0.39 is 5.60 Å². The van der Waals surface area contributed by atoms with Crippen molar-refractivity contribution in [1.29, 1.82) is 0 Å². The molecule has 1 saturated heterocycles. The molecule has 0 bridgehead atoms. The summed E-state index contributed by atoms with van der Waals surface area (Å²) < 4.78 is 5.50. The van der Waals surface area contributed by atoms with Gasteiger partial charge in [-0.3, -0.25) is 9.88 Å². The summed E-state index contributed by atoms with van der Waals surface area (Å²) in [7, 11) is 2.09. The first-order valence-corrected chi connectivity index (χ1v) is 9.54. The summed E-state index contributed by atoms with van der Waals surface area (Å²) in [6.07, 6.45) is 7.31. The molecular formula is C17H28N4O2S. The third-order valence-electron chi connectivity index (χ3n) is 4.00. The van der Waals surface area contributed by atoms with Crippen molar-refractivity contribution >= 4 is 17.9 Å². The molecule has 0 saturated carbocycles. The van der Waals surface area contributed by atoms with Crippen molar-refractivity contribution in [2.45, 2.75) is 56.8 Å². The van der Waals surface area contributed by atoms with Crippen LogP contribution in [-0.2, 0) is 11.3 Å². The van der Waals surface area contributed by atoms with Crippen LogP contribution in [0.2, 0.25) is 0 Å². The Morgan fingerprint density at radius 1 is 1.42 bits per heavy atom. The Kier molecular flexibility index (Phi) is 6.46. The number of carbonyl (C=O) groups is 1. The van der Waals surface area contributed by atoms with Gasteiger partial charge in [-0.2, -0.15) is 0 Å². The second-order valence-electron chi connectivity index (χ2n) is 7.15. The van der Waals surface area contributed by atoms with Crippen LogP contribution in [0.1, 0.15) is 39.3 Å². The Hall–Kier alpha value is -1.34. The molecule has 24 heavy (non-hydrogen) atoms. The smallest absolute Gasteiger partial charge is 0.410 e. The predicted octanol–water partition coefficient (Wildman–Crippen LogP) is 3.03. The standard InChI is InChI=1S/C17H28N4O2S/c1-17(2,3)23-16(22)21-10-6-7-13(11-21)20(4)12-14-15(24-5)19-9-8-18-14/h8-9,13H,6-7,10-12H2,1-5H3. The van der Waals surface area contributed by atoms with Gasteiger partial charge in [-0.1, -0.05) is 0 Å². The Bertz CT molecular complexity index is 562. The van der Waals surface area contributed by atoms with E-state index in [1.165, 1.54) is 0 Å². The molecule has 1 aromatic heterocycles. The number of rotatable bonds is 4. The number of ether oxygens (including phenoxy) is 1. The van der Waals surface area contributed by atoms with Crippen molar-refractivity contribution < 1.29 is 9.53 Å². The monoisotopic (exact) mass is 352 g/mol. The Morgan fingerprint density at radius 2 is 2.12 bits per heavy atom. The molecule has 1 unspecified atom stereocenters. The van der Waals surface area contributed by atoms with Crippen LogP contribution in [-0.4, -0.2) is 63.9 Å². The number of hydrogen-bond donors (Lipinski definition) is 0. The van der Waals surface area contributed by atoms with Gasteiger partial charge >= 0.3 is 6.09 Å². The van der Waals surface area contributed by atoms with E-state index in [1.807, 2.05) is 31.9 Å². The average Bonchev–Trinajstić information content (AvgIpc) is 2.54. The zero-order valence-electron chi connectivity index (χ0n) is 15.3. The van der Waals surface area contributed by atoms with Crippen LogP contribution >= 0.6 is 11.8 Å². The molecule has 2 heterocycles. The van der Waals surface area contributed by atoms with Crippen LogP contribution in [0.15, 0.2) is 17.4 Å². The molecule has 1 aliphatic rings. The van der Waals surface area contributed by atoms with Crippen molar-refractivity contribution in [3.8, 4) is 0 Å². The number of carbonyl (C=O) groups excluding carboxylic acids is 1. The van der Waals surface area contributed by atoms with Crippen molar-refractivity contribution in [1.82, 2.24) is 19.8 Å². The van der Waals surface area contributed by atoms with E-state index in [0.717, 1.165) is 36.7 Å². The Morgan fingerprint density at radius 3 is 2.79 bits per heavy atom. The Labute approximate surface area is 149 Å². The molecule has 1 fully saturated rings. The molecular weight excluding hydrogens is 324 g/mol. The van der Waals surface area contributed by atoms with E-state index in [0.29, 0.717) is 12.6 Å². The molecule has 0 radical (unpaired) electrons. The summed E-state index contributed by atoms with van der Waals surface area (Å²) in [4.78, 5) is 25.2. The lowest BCUT2D eigenvalue weighted by Gasteiger charge is -2.38. The number of thioether (sulfide) groups is 1. The lowest BCUT2D eigenvalue weighted by atomic mass is 10.0. The van der Waals surface area contributed by atoms with E-state index >= 15 is 0 Å². The minimum atomic E-state index is -0.456. The molecule has 1 aromatic rings. The van der Waals surface area contributed by atoms with Gasteiger partial charge in [-0.15, -0.1) is 11.8 Å². The lowest BCUT2D eigenvalue weighted by molar-refractivity contribution is 0.0119. The van der Waals surface area contributed by atoms with Crippen LogP contribution < -0.4 is 0 Å². The molecule has 1 atom stereocenters. The number of piperidine rings is 1. The summed E-state index contributed by atoms with van der Waals surface area (Å²) in [6, 6.07) is 0.308. The van der Waals surface area contributed by atoms with Crippen molar-refractivity contribution in [2.24, 2.45) is 0 Å². The number of aromatic nitrogens is 2. The zero-order valence-corrected chi connectivity index (χ0v) is 16.1. The van der Waals surface area contributed by atoms with Gasteiger partial charge in [-0.25, -0.2) is 9.78 Å². The number of nitrogens with zero attached hydrogens (tertiary/aromatic N) is 4. The summed E-state index contributed by atoms with van der Waals surface area (Å²) in [5, 5.41) is 0.962. The van der Waals surface area contributed by atoms with Gasteiger partial charge in [0.1, 0.15) is 10.6 Å². The number of hydrogen-bond acceptors (Lipinski definition) is 6. The van der Waals surface area contributed by atoms with Crippen molar-refractivity contribution in [3.63, 3.8) is 0 Å². The predicted molar refractivity (Wildman–Crippen MR) is 96.1 cm³/mol. The van der Waals surface area contributed by atoms with Crippen LogP contribution in [0.3, 0.4) is 0 Å². The van der Waals surface area contributed by atoms with Crippen LogP contribution in [0.5, 0.6) is 0 Å². The highest BCUT2D eigenvalue weighted by Crippen LogP contribution is 2.21. The van der Waals surface area contributed by atoms with E-state index in [9.17, 15) is 4.79 Å². The van der Waals surface area contributed by atoms with E-state index in [4.69, 9.17) is 4.74 Å². The number of likely N-dealkylation sites (N-methyl/N-ethyl adjacent to an activating group) is 1. The fourth-order valence-corrected chi connectivity index (χ4v) is 3.32. The van der Waals surface area contributed by atoms with Gasteiger partial charge in [-0.05, 0) is 46.9 Å². The first-order chi connectivity index (χ1) is 11.3. The maximum absolute atomic E-state index is 12.3. The maximum Gasteiger partial charge on any atom is 0.410 e. The highest BCUT2D eigenvalue weighted by Gasteiger charge is 2.29. The summed E-state index contributed by atoms with van der Waals surface area (Å²) in [5.41, 5.74) is 0.532. The topological polar surface area (TPSA) is 58.6 Å². The molecule has 134 valence electrons. The average molecular weight is 353 g/mol. The summed E-state index contributed by atoms with van der Waals surface area (Å²) in [5.74, 6) is 0. The Balaban J connectivity index is 1.97. The maximum atomic E-state index is 12.3. The molecule has 0 N–H and O–H groups in total. The minimum absolute atomic E-state index is 0.218. The van der Waals surface area contributed by atoms with Crippen molar-refractivity contribution in [3.05, 3.63) is 18.1 Å². The first kappa shape index (κ1) is 19.0.